The van der Waals surface area contributed by atoms with E-state index in [-0.39, 0.29) is 5.95 Å². The lowest BCUT2D eigenvalue weighted by molar-refractivity contribution is -0.0392. The SMILES string of the molecule is CCOC(C)(CC)c1nc(C)nc(N)n1. The predicted molar refractivity (Wildman–Crippen MR) is 58.2 cm³/mol. The fourth-order valence-electron chi connectivity index (χ4n) is 1.38. The van der Waals surface area contributed by atoms with E-state index < -0.39 is 5.60 Å². The smallest absolute Gasteiger partial charge is 0.223 e. The number of nitrogen functional groups attached to an aromatic ring is 1. The number of ether oxygens (including phenoxy) is 1. The van der Waals surface area contributed by atoms with E-state index in [2.05, 4.69) is 15.0 Å². The molecule has 0 fully saturated rings. The molecule has 1 rings (SSSR count). The molecule has 0 aliphatic carbocycles. The number of rotatable bonds is 4. The van der Waals surface area contributed by atoms with E-state index in [9.17, 15) is 0 Å². The summed E-state index contributed by atoms with van der Waals surface area (Å²) in [4.78, 5) is 12.3. The third-order valence-electron chi connectivity index (χ3n) is 2.38. The molecule has 1 heterocycles. The minimum Gasteiger partial charge on any atom is -0.368 e. The average molecular weight is 210 g/mol. The summed E-state index contributed by atoms with van der Waals surface area (Å²) in [6.45, 7) is 8.36. The van der Waals surface area contributed by atoms with Gasteiger partial charge >= 0.3 is 0 Å². The molecule has 0 aromatic carbocycles. The van der Waals surface area contributed by atoms with Gasteiger partial charge in [-0.1, -0.05) is 6.92 Å². The van der Waals surface area contributed by atoms with Crippen LogP contribution in [0.4, 0.5) is 5.95 Å². The van der Waals surface area contributed by atoms with Crippen LogP contribution in [0.25, 0.3) is 0 Å². The van der Waals surface area contributed by atoms with Crippen molar-refractivity contribution in [2.45, 2.75) is 39.7 Å². The Morgan fingerprint density at radius 2 is 1.93 bits per heavy atom. The number of anilines is 1. The van der Waals surface area contributed by atoms with Crippen molar-refractivity contribution < 1.29 is 4.74 Å². The normalized spacial score (nSPS) is 14.9. The number of nitrogens with zero attached hydrogens (tertiary/aromatic N) is 3. The first-order chi connectivity index (χ1) is 7.01. The van der Waals surface area contributed by atoms with Gasteiger partial charge in [0.15, 0.2) is 5.82 Å². The third-order valence-corrected chi connectivity index (χ3v) is 2.38. The maximum absolute atomic E-state index is 5.67. The highest BCUT2D eigenvalue weighted by Gasteiger charge is 2.28. The highest BCUT2D eigenvalue weighted by atomic mass is 16.5. The van der Waals surface area contributed by atoms with Gasteiger partial charge in [-0.2, -0.15) is 9.97 Å². The molecule has 0 amide bonds. The van der Waals surface area contributed by atoms with Crippen LogP contribution in [0.1, 0.15) is 38.8 Å². The Morgan fingerprint density at radius 3 is 2.40 bits per heavy atom. The van der Waals surface area contributed by atoms with Gasteiger partial charge in [0.1, 0.15) is 11.4 Å². The number of aromatic nitrogens is 3. The lowest BCUT2D eigenvalue weighted by Gasteiger charge is -2.26. The van der Waals surface area contributed by atoms with Crippen molar-refractivity contribution in [3.63, 3.8) is 0 Å². The van der Waals surface area contributed by atoms with Crippen molar-refractivity contribution in [3.8, 4) is 0 Å². The van der Waals surface area contributed by atoms with Gasteiger partial charge in [0, 0.05) is 6.61 Å². The van der Waals surface area contributed by atoms with E-state index in [4.69, 9.17) is 10.5 Å². The summed E-state index contributed by atoms with van der Waals surface area (Å²) in [6, 6.07) is 0. The van der Waals surface area contributed by atoms with E-state index >= 15 is 0 Å². The van der Waals surface area contributed by atoms with Crippen molar-refractivity contribution in [2.75, 3.05) is 12.3 Å². The van der Waals surface area contributed by atoms with Crippen molar-refractivity contribution in [1.82, 2.24) is 15.0 Å². The molecule has 0 bridgehead atoms. The number of hydrogen-bond acceptors (Lipinski definition) is 5. The molecule has 0 spiro atoms. The van der Waals surface area contributed by atoms with Gasteiger partial charge in [0.25, 0.3) is 0 Å². The first kappa shape index (κ1) is 11.8. The highest BCUT2D eigenvalue weighted by molar-refractivity contribution is 5.18. The molecule has 0 saturated heterocycles. The molecule has 5 nitrogen and oxygen atoms in total. The van der Waals surface area contributed by atoms with Gasteiger partial charge < -0.3 is 10.5 Å². The largest absolute Gasteiger partial charge is 0.368 e. The molecule has 84 valence electrons. The third kappa shape index (κ3) is 2.62. The molecule has 0 aliphatic rings. The van der Waals surface area contributed by atoms with Crippen LogP contribution >= 0.6 is 0 Å². The quantitative estimate of drug-likeness (QED) is 0.813. The van der Waals surface area contributed by atoms with Crippen LogP contribution in [0, 0.1) is 6.92 Å². The van der Waals surface area contributed by atoms with E-state index in [1.807, 2.05) is 20.8 Å². The minimum absolute atomic E-state index is 0.247. The molecule has 1 unspecified atom stereocenters. The highest BCUT2D eigenvalue weighted by Crippen LogP contribution is 2.26. The minimum atomic E-state index is -0.476. The molecule has 0 radical (unpaired) electrons. The monoisotopic (exact) mass is 210 g/mol. The fraction of sp³-hybridized carbons (Fsp3) is 0.700. The Balaban J connectivity index is 3.11. The Kier molecular flexibility index (Phi) is 3.57. The average Bonchev–Trinajstić information content (AvgIpc) is 2.16. The number of nitrogens with two attached hydrogens (primary N) is 1. The second kappa shape index (κ2) is 4.53. The Labute approximate surface area is 90.1 Å². The lowest BCUT2D eigenvalue weighted by atomic mass is 10.0. The van der Waals surface area contributed by atoms with Crippen LogP contribution in [-0.4, -0.2) is 21.6 Å². The van der Waals surface area contributed by atoms with Crippen LogP contribution in [0.3, 0.4) is 0 Å². The van der Waals surface area contributed by atoms with Crippen molar-refractivity contribution in [1.29, 1.82) is 0 Å². The van der Waals surface area contributed by atoms with E-state index in [1.54, 1.807) is 6.92 Å². The van der Waals surface area contributed by atoms with Crippen LogP contribution in [0.5, 0.6) is 0 Å². The summed E-state index contributed by atoms with van der Waals surface area (Å²) < 4.78 is 5.67. The second-order valence-electron chi connectivity index (χ2n) is 3.58. The molecule has 2 N–H and O–H groups in total. The summed E-state index contributed by atoms with van der Waals surface area (Å²) in [5, 5.41) is 0. The zero-order valence-corrected chi connectivity index (χ0v) is 9.74. The molecule has 0 saturated carbocycles. The molecular weight excluding hydrogens is 192 g/mol. The van der Waals surface area contributed by atoms with Gasteiger partial charge in [0.2, 0.25) is 5.95 Å². The number of aryl methyl sites for hydroxylation is 1. The molecule has 1 aromatic heterocycles. The van der Waals surface area contributed by atoms with Gasteiger partial charge in [0.05, 0.1) is 0 Å². The topological polar surface area (TPSA) is 73.9 Å². The van der Waals surface area contributed by atoms with Crippen LogP contribution in [-0.2, 0) is 10.3 Å². The van der Waals surface area contributed by atoms with Crippen molar-refractivity contribution in [3.05, 3.63) is 11.6 Å². The van der Waals surface area contributed by atoms with Crippen LogP contribution in [0.15, 0.2) is 0 Å². The molecule has 5 heteroatoms. The summed E-state index contributed by atoms with van der Waals surface area (Å²) in [6.07, 6.45) is 0.795. The standard InChI is InChI=1S/C10H18N4O/c1-5-10(4,15-6-2)8-12-7(3)13-9(11)14-8/h5-6H2,1-4H3,(H2,11,12,13,14). The van der Waals surface area contributed by atoms with Crippen LogP contribution < -0.4 is 5.73 Å². The maximum Gasteiger partial charge on any atom is 0.223 e. The zero-order valence-electron chi connectivity index (χ0n) is 9.74. The molecular formula is C10H18N4O. The van der Waals surface area contributed by atoms with Gasteiger partial charge in [-0.3, -0.25) is 0 Å². The van der Waals surface area contributed by atoms with Gasteiger partial charge in [-0.05, 0) is 27.2 Å². The predicted octanol–water partition coefficient (Wildman–Crippen LogP) is 1.42. The fourth-order valence-corrected chi connectivity index (χ4v) is 1.38. The van der Waals surface area contributed by atoms with E-state index in [1.165, 1.54) is 0 Å². The summed E-state index contributed by atoms with van der Waals surface area (Å²) >= 11 is 0. The summed E-state index contributed by atoms with van der Waals surface area (Å²) in [5.74, 6) is 1.48. The maximum atomic E-state index is 5.67. The van der Waals surface area contributed by atoms with Gasteiger partial charge in [-0.15, -0.1) is 0 Å². The second-order valence-corrected chi connectivity index (χ2v) is 3.58. The molecule has 1 atom stereocenters. The summed E-state index contributed by atoms with van der Waals surface area (Å²) in [5.41, 5.74) is 5.11. The van der Waals surface area contributed by atoms with Crippen molar-refractivity contribution in [2.24, 2.45) is 0 Å². The first-order valence-electron chi connectivity index (χ1n) is 5.14. The van der Waals surface area contributed by atoms with Crippen LogP contribution in [0.2, 0.25) is 0 Å². The van der Waals surface area contributed by atoms with Crippen molar-refractivity contribution >= 4 is 5.95 Å². The zero-order chi connectivity index (χ0) is 11.5. The van der Waals surface area contributed by atoms with E-state index in [0.29, 0.717) is 18.3 Å². The Morgan fingerprint density at radius 1 is 1.27 bits per heavy atom. The van der Waals surface area contributed by atoms with Gasteiger partial charge in [-0.25, -0.2) is 4.98 Å². The lowest BCUT2D eigenvalue weighted by Crippen LogP contribution is -2.29. The van der Waals surface area contributed by atoms with E-state index in [0.717, 1.165) is 6.42 Å². The first-order valence-corrected chi connectivity index (χ1v) is 5.14. The Hall–Kier alpha value is -1.23. The Bertz CT molecular complexity index is 322. The number of hydrogen-bond donors (Lipinski definition) is 1. The molecule has 1 aromatic rings. The summed E-state index contributed by atoms with van der Waals surface area (Å²) in [7, 11) is 0. The molecule has 15 heavy (non-hydrogen) atoms. The molecule has 0 aliphatic heterocycles.